The van der Waals surface area contributed by atoms with Crippen molar-refractivity contribution in [2.45, 2.75) is 46.1 Å². The summed E-state index contributed by atoms with van der Waals surface area (Å²) in [5, 5.41) is 9.78. The molecule has 1 saturated heterocycles. The van der Waals surface area contributed by atoms with Crippen molar-refractivity contribution in [3.63, 3.8) is 0 Å². The van der Waals surface area contributed by atoms with Crippen LogP contribution in [0.1, 0.15) is 38.3 Å². The first-order chi connectivity index (χ1) is 18.5. The third-order valence-electron chi connectivity index (χ3n) is 6.93. The minimum absolute atomic E-state index is 0.0187. The first-order valence-electron chi connectivity index (χ1n) is 13.1. The molecule has 198 valence electrons. The van der Waals surface area contributed by atoms with Gasteiger partial charge < -0.3 is 14.2 Å². The van der Waals surface area contributed by atoms with E-state index in [1.807, 2.05) is 66.3 Å². The molecule has 0 unspecified atom stereocenters. The zero-order valence-corrected chi connectivity index (χ0v) is 21.7. The van der Waals surface area contributed by atoms with Gasteiger partial charge in [-0.3, -0.25) is 14.4 Å². The molecule has 0 N–H and O–H groups in total. The molecule has 0 radical (unpaired) electrons. The normalized spacial score (nSPS) is 15.6. The Labute approximate surface area is 220 Å². The summed E-state index contributed by atoms with van der Waals surface area (Å²) < 4.78 is 10.2. The first kappa shape index (κ1) is 25.4. The standard InChI is InChI=1S/C28H32N6O4/c1-3-38-28(37)21-11-9-17-32(19-21)23(35)14-10-18-33-27(36)24-25(20(2)29-33)30-34(22-12-5-4-6-13-22)26(24)31-15-7-8-16-31/h4-8,12-13,15-16,21H,3,9-11,14,17-19H2,1-2H3/t21-/m1/s1. The van der Waals surface area contributed by atoms with Crippen molar-refractivity contribution in [1.29, 1.82) is 0 Å². The molecule has 3 aromatic heterocycles. The van der Waals surface area contributed by atoms with Crippen LogP contribution in [0.5, 0.6) is 0 Å². The molecule has 0 bridgehead atoms. The van der Waals surface area contributed by atoms with Crippen molar-refractivity contribution in [2.75, 3.05) is 19.7 Å². The number of nitrogens with zero attached hydrogens (tertiary/aromatic N) is 6. The van der Waals surface area contributed by atoms with Gasteiger partial charge in [0.15, 0.2) is 5.82 Å². The molecule has 0 spiro atoms. The number of fused-ring (bicyclic) bond motifs is 1. The molecular weight excluding hydrogens is 484 g/mol. The highest BCUT2D eigenvalue weighted by Gasteiger charge is 2.29. The van der Waals surface area contributed by atoms with Gasteiger partial charge in [-0.05, 0) is 57.4 Å². The number of para-hydroxylation sites is 1. The Hall–Kier alpha value is -4.21. The Morgan fingerprint density at radius 3 is 2.58 bits per heavy atom. The summed E-state index contributed by atoms with van der Waals surface area (Å²) in [7, 11) is 0. The van der Waals surface area contributed by atoms with Crippen LogP contribution in [0.25, 0.3) is 22.4 Å². The fourth-order valence-electron chi connectivity index (χ4n) is 5.07. The molecule has 1 fully saturated rings. The number of carbonyl (C=O) groups excluding carboxylic acids is 2. The van der Waals surface area contributed by atoms with Crippen molar-refractivity contribution < 1.29 is 14.3 Å². The average molecular weight is 517 g/mol. The highest BCUT2D eigenvalue weighted by Crippen LogP contribution is 2.25. The van der Waals surface area contributed by atoms with E-state index in [1.165, 1.54) is 4.68 Å². The third-order valence-corrected chi connectivity index (χ3v) is 6.93. The van der Waals surface area contributed by atoms with Crippen LogP contribution in [0.15, 0.2) is 59.7 Å². The SMILES string of the molecule is CCOC(=O)[C@@H]1CCCN(C(=O)CCCn2nc(C)c3nn(-c4ccccc4)c(-n4cccc4)c3c2=O)C1. The summed E-state index contributed by atoms with van der Waals surface area (Å²) in [5.74, 6) is 0.124. The number of aryl methyl sites for hydroxylation is 2. The molecule has 4 aromatic rings. The number of piperidine rings is 1. The van der Waals surface area contributed by atoms with Crippen molar-refractivity contribution in [2.24, 2.45) is 5.92 Å². The van der Waals surface area contributed by atoms with Gasteiger partial charge in [0.05, 0.1) is 23.9 Å². The summed E-state index contributed by atoms with van der Waals surface area (Å²) in [6, 6.07) is 13.5. The molecule has 10 heteroatoms. The van der Waals surface area contributed by atoms with Crippen LogP contribution in [0, 0.1) is 12.8 Å². The van der Waals surface area contributed by atoms with Crippen molar-refractivity contribution in [1.82, 2.24) is 29.0 Å². The van der Waals surface area contributed by atoms with Crippen molar-refractivity contribution in [3.05, 3.63) is 70.9 Å². The molecule has 1 atom stereocenters. The van der Waals surface area contributed by atoms with Crippen LogP contribution in [0.3, 0.4) is 0 Å². The second kappa shape index (κ2) is 11.0. The second-order valence-electron chi connectivity index (χ2n) is 9.53. The largest absolute Gasteiger partial charge is 0.466 e. The lowest BCUT2D eigenvalue weighted by atomic mass is 9.98. The van der Waals surface area contributed by atoms with Gasteiger partial charge in [-0.1, -0.05) is 18.2 Å². The number of benzene rings is 1. The maximum atomic E-state index is 13.7. The van der Waals surface area contributed by atoms with E-state index in [1.54, 1.807) is 16.5 Å². The maximum Gasteiger partial charge on any atom is 0.310 e. The van der Waals surface area contributed by atoms with Gasteiger partial charge in [-0.25, -0.2) is 9.36 Å². The quantitative estimate of drug-likeness (QED) is 0.333. The zero-order chi connectivity index (χ0) is 26.6. The number of hydrogen-bond acceptors (Lipinski definition) is 6. The Bertz CT molecular complexity index is 1490. The van der Waals surface area contributed by atoms with Gasteiger partial charge in [0.2, 0.25) is 5.91 Å². The molecule has 0 saturated carbocycles. The molecule has 4 heterocycles. The molecule has 1 aliphatic rings. The number of amides is 1. The smallest absolute Gasteiger partial charge is 0.310 e. The number of carbonyl (C=O) groups is 2. The van der Waals surface area contributed by atoms with Crippen molar-refractivity contribution >= 4 is 22.8 Å². The molecular formula is C28H32N6O4. The number of rotatable bonds is 8. The van der Waals surface area contributed by atoms with E-state index in [4.69, 9.17) is 9.84 Å². The van der Waals surface area contributed by atoms with E-state index in [2.05, 4.69) is 5.10 Å². The number of esters is 1. The predicted molar refractivity (Wildman–Crippen MR) is 142 cm³/mol. The van der Waals surface area contributed by atoms with E-state index in [0.717, 1.165) is 18.5 Å². The van der Waals surface area contributed by atoms with Crippen LogP contribution >= 0.6 is 0 Å². The van der Waals surface area contributed by atoms with Crippen LogP contribution in [-0.4, -0.2) is 60.6 Å². The third kappa shape index (κ3) is 4.98. The van der Waals surface area contributed by atoms with Gasteiger partial charge >= 0.3 is 5.97 Å². The zero-order valence-electron chi connectivity index (χ0n) is 21.7. The van der Waals surface area contributed by atoms with Crippen LogP contribution in [0.2, 0.25) is 0 Å². The van der Waals surface area contributed by atoms with Crippen molar-refractivity contribution in [3.8, 4) is 11.5 Å². The van der Waals surface area contributed by atoms with Gasteiger partial charge in [-0.2, -0.15) is 10.2 Å². The minimum atomic E-state index is -0.268. The first-order valence-corrected chi connectivity index (χ1v) is 13.1. The summed E-state index contributed by atoms with van der Waals surface area (Å²) in [5.41, 5.74) is 1.78. The lowest BCUT2D eigenvalue weighted by molar-refractivity contribution is -0.151. The van der Waals surface area contributed by atoms with E-state index in [0.29, 0.717) is 55.1 Å². The maximum absolute atomic E-state index is 13.7. The molecule has 38 heavy (non-hydrogen) atoms. The molecule has 10 nitrogen and oxygen atoms in total. The monoisotopic (exact) mass is 516 g/mol. The molecule has 5 rings (SSSR count). The lowest BCUT2D eigenvalue weighted by Crippen LogP contribution is -2.42. The van der Waals surface area contributed by atoms with Gasteiger partial charge in [0.1, 0.15) is 10.9 Å². The van der Waals surface area contributed by atoms with Crippen LogP contribution in [-0.2, 0) is 20.9 Å². The summed E-state index contributed by atoms with van der Waals surface area (Å²) in [4.78, 5) is 40.5. The summed E-state index contributed by atoms with van der Waals surface area (Å²) in [6.45, 7) is 5.29. The number of hydrogen-bond donors (Lipinski definition) is 0. The molecule has 1 aromatic carbocycles. The molecule has 1 amide bonds. The van der Waals surface area contributed by atoms with E-state index in [-0.39, 0.29) is 29.8 Å². The summed E-state index contributed by atoms with van der Waals surface area (Å²) in [6.07, 6.45) is 6.02. The number of ether oxygens (including phenoxy) is 1. The Morgan fingerprint density at radius 1 is 1.08 bits per heavy atom. The van der Waals surface area contributed by atoms with E-state index in [9.17, 15) is 14.4 Å². The van der Waals surface area contributed by atoms with Crippen LogP contribution in [0.4, 0.5) is 0 Å². The topological polar surface area (TPSA) is 104 Å². The van der Waals surface area contributed by atoms with Gasteiger partial charge in [0, 0.05) is 38.4 Å². The van der Waals surface area contributed by atoms with Gasteiger partial charge in [0.25, 0.3) is 5.56 Å². The summed E-state index contributed by atoms with van der Waals surface area (Å²) >= 11 is 0. The minimum Gasteiger partial charge on any atom is -0.466 e. The van der Waals surface area contributed by atoms with E-state index >= 15 is 0 Å². The van der Waals surface area contributed by atoms with Crippen LogP contribution < -0.4 is 5.56 Å². The average Bonchev–Trinajstić information content (AvgIpc) is 3.61. The highest BCUT2D eigenvalue weighted by molar-refractivity contribution is 5.87. The highest BCUT2D eigenvalue weighted by atomic mass is 16.5. The number of likely N-dealkylation sites (tertiary alicyclic amines) is 1. The Kier molecular flexibility index (Phi) is 7.39. The Balaban J connectivity index is 1.38. The lowest BCUT2D eigenvalue weighted by Gasteiger charge is -2.31. The second-order valence-corrected chi connectivity index (χ2v) is 9.53. The van der Waals surface area contributed by atoms with E-state index < -0.39 is 0 Å². The fraction of sp³-hybridized carbons (Fsp3) is 0.393. The van der Waals surface area contributed by atoms with Gasteiger partial charge in [-0.15, -0.1) is 0 Å². The molecule has 0 aliphatic carbocycles. The fourth-order valence-corrected chi connectivity index (χ4v) is 5.07. The number of aromatic nitrogens is 5. The molecule has 1 aliphatic heterocycles. The predicted octanol–water partition coefficient (Wildman–Crippen LogP) is 3.26. The Morgan fingerprint density at radius 2 is 1.84 bits per heavy atom.